The molecular formula is C13H16O3S. The monoisotopic (exact) mass is 252 g/mol. The van der Waals surface area contributed by atoms with Gasteiger partial charge in [0.2, 0.25) is 0 Å². The molecule has 0 saturated heterocycles. The van der Waals surface area contributed by atoms with Gasteiger partial charge in [-0.15, -0.1) is 0 Å². The first-order chi connectivity index (χ1) is 8.24. The molecule has 0 saturated carbocycles. The number of benzene rings is 1. The van der Waals surface area contributed by atoms with Crippen LogP contribution >= 0.6 is 11.8 Å². The second-order valence-corrected chi connectivity index (χ2v) is 4.49. The quantitative estimate of drug-likeness (QED) is 0.425. The second-order valence-electron chi connectivity index (χ2n) is 3.50. The minimum absolute atomic E-state index is 0.0209. The number of hydrogen-bond acceptors (Lipinski definition) is 4. The third-order valence-corrected chi connectivity index (χ3v) is 2.78. The molecule has 17 heavy (non-hydrogen) atoms. The highest BCUT2D eigenvalue weighted by molar-refractivity contribution is 7.98. The van der Waals surface area contributed by atoms with Crippen molar-refractivity contribution in [2.24, 2.45) is 0 Å². The highest BCUT2D eigenvalue weighted by Crippen LogP contribution is 2.05. The summed E-state index contributed by atoms with van der Waals surface area (Å²) in [5, 5.41) is 0. The maximum atomic E-state index is 11.7. The second kappa shape index (κ2) is 7.90. The van der Waals surface area contributed by atoms with Crippen LogP contribution in [-0.4, -0.2) is 30.4 Å². The van der Waals surface area contributed by atoms with Crippen LogP contribution in [0, 0.1) is 0 Å². The van der Waals surface area contributed by atoms with E-state index in [1.807, 2.05) is 24.5 Å². The molecule has 0 spiro atoms. The molecule has 4 heteroatoms. The average Bonchev–Trinajstić information content (AvgIpc) is 2.37. The summed E-state index contributed by atoms with van der Waals surface area (Å²) in [7, 11) is 0. The fraction of sp³-hybridized carbons (Fsp3) is 0.385. The Morgan fingerprint density at radius 3 is 2.53 bits per heavy atom. The predicted molar refractivity (Wildman–Crippen MR) is 69.3 cm³/mol. The summed E-state index contributed by atoms with van der Waals surface area (Å²) in [4.78, 5) is 22.9. The first-order valence-electron chi connectivity index (χ1n) is 5.47. The molecular weight excluding hydrogens is 236 g/mol. The van der Waals surface area contributed by atoms with Crippen molar-refractivity contribution >= 4 is 23.5 Å². The molecule has 0 amide bonds. The molecule has 1 aromatic carbocycles. The summed E-state index contributed by atoms with van der Waals surface area (Å²) in [5.74, 6) is 0.467. The number of esters is 1. The van der Waals surface area contributed by atoms with Gasteiger partial charge in [-0.2, -0.15) is 11.8 Å². The molecule has 0 fully saturated rings. The van der Waals surface area contributed by atoms with Crippen molar-refractivity contribution < 1.29 is 14.3 Å². The number of rotatable bonds is 7. The maximum Gasteiger partial charge on any atom is 0.306 e. The Morgan fingerprint density at radius 1 is 1.18 bits per heavy atom. The molecule has 0 aliphatic carbocycles. The van der Waals surface area contributed by atoms with E-state index in [0.717, 1.165) is 5.75 Å². The van der Waals surface area contributed by atoms with Crippen molar-refractivity contribution in [2.75, 3.05) is 18.6 Å². The zero-order valence-corrected chi connectivity index (χ0v) is 10.7. The van der Waals surface area contributed by atoms with Crippen LogP contribution in [-0.2, 0) is 9.53 Å². The van der Waals surface area contributed by atoms with E-state index in [1.165, 1.54) is 0 Å². The van der Waals surface area contributed by atoms with Crippen LogP contribution in [0.2, 0.25) is 0 Å². The van der Waals surface area contributed by atoms with Gasteiger partial charge in [0, 0.05) is 17.7 Å². The molecule has 0 atom stereocenters. The molecule has 0 radical (unpaired) electrons. The van der Waals surface area contributed by atoms with E-state index in [1.54, 1.807) is 23.9 Å². The smallest absolute Gasteiger partial charge is 0.306 e. The minimum atomic E-state index is -0.302. The third-order valence-electron chi connectivity index (χ3n) is 2.20. The van der Waals surface area contributed by atoms with Crippen molar-refractivity contribution in [3.05, 3.63) is 35.9 Å². The van der Waals surface area contributed by atoms with Crippen LogP contribution in [0.25, 0.3) is 0 Å². The van der Waals surface area contributed by atoms with Crippen LogP contribution in [0.3, 0.4) is 0 Å². The van der Waals surface area contributed by atoms with E-state index >= 15 is 0 Å². The highest BCUT2D eigenvalue weighted by Gasteiger charge is 2.09. The predicted octanol–water partition coefficient (Wildman–Crippen LogP) is 2.56. The Labute approximate surface area is 106 Å². The van der Waals surface area contributed by atoms with Crippen molar-refractivity contribution in [3.63, 3.8) is 0 Å². The van der Waals surface area contributed by atoms with Crippen molar-refractivity contribution in [1.29, 1.82) is 0 Å². The molecule has 0 unspecified atom stereocenters. The van der Waals surface area contributed by atoms with Crippen molar-refractivity contribution in [2.45, 2.75) is 12.8 Å². The van der Waals surface area contributed by atoms with E-state index in [0.29, 0.717) is 12.2 Å². The maximum absolute atomic E-state index is 11.7. The van der Waals surface area contributed by atoms with Gasteiger partial charge >= 0.3 is 5.97 Å². The molecule has 0 aliphatic heterocycles. The van der Waals surface area contributed by atoms with E-state index in [2.05, 4.69) is 0 Å². The van der Waals surface area contributed by atoms with E-state index < -0.39 is 0 Å². The summed E-state index contributed by atoms with van der Waals surface area (Å²) >= 11 is 1.62. The van der Waals surface area contributed by atoms with Gasteiger partial charge in [-0.25, -0.2) is 0 Å². The Bertz CT molecular complexity index is 362. The van der Waals surface area contributed by atoms with Crippen LogP contribution < -0.4 is 0 Å². The number of carbonyl (C=O) groups is 2. The number of hydrogen-bond donors (Lipinski definition) is 0. The third kappa shape index (κ3) is 5.54. The Balaban J connectivity index is 2.26. The van der Waals surface area contributed by atoms with Crippen LogP contribution in [0.1, 0.15) is 23.2 Å². The molecule has 92 valence electrons. The van der Waals surface area contributed by atoms with E-state index in [9.17, 15) is 9.59 Å². The highest BCUT2D eigenvalue weighted by atomic mass is 32.2. The van der Waals surface area contributed by atoms with E-state index in [4.69, 9.17) is 4.74 Å². The van der Waals surface area contributed by atoms with Gasteiger partial charge in [0.25, 0.3) is 0 Å². The Kier molecular flexibility index (Phi) is 6.40. The molecule has 3 nitrogen and oxygen atoms in total. The summed E-state index contributed by atoms with van der Waals surface area (Å²) in [5.41, 5.74) is 0.643. The molecule has 1 aromatic rings. The number of ketones is 1. The molecule has 0 N–H and O–H groups in total. The number of Topliss-reactive ketones (excluding diaryl/α,β-unsaturated/α-hetero) is 1. The number of ether oxygens (including phenoxy) is 1. The zero-order valence-electron chi connectivity index (χ0n) is 9.85. The lowest BCUT2D eigenvalue weighted by atomic mass is 10.1. The summed E-state index contributed by atoms with van der Waals surface area (Å²) < 4.78 is 4.96. The van der Waals surface area contributed by atoms with Crippen LogP contribution in [0.15, 0.2) is 30.3 Å². The SMILES string of the molecule is CSCCOC(=O)CCC(=O)c1ccccc1. The number of carbonyl (C=O) groups excluding carboxylic acids is 2. The standard InChI is InChI=1S/C13H16O3S/c1-17-10-9-16-13(15)8-7-12(14)11-5-3-2-4-6-11/h2-6H,7-10H2,1H3. The number of thioether (sulfide) groups is 1. The normalized spacial score (nSPS) is 9.94. The lowest BCUT2D eigenvalue weighted by Gasteiger charge is -2.03. The van der Waals surface area contributed by atoms with Gasteiger partial charge in [0.1, 0.15) is 6.61 Å². The summed E-state index contributed by atoms with van der Waals surface area (Å²) in [6, 6.07) is 8.98. The first-order valence-corrected chi connectivity index (χ1v) is 6.86. The Morgan fingerprint density at radius 2 is 1.88 bits per heavy atom. The van der Waals surface area contributed by atoms with Gasteiger partial charge in [-0.3, -0.25) is 9.59 Å². The van der Waals surface area contributed by atoms with Crippen LogP contribution in [0.4, 0.5) is 0 Å². The van der Waals surface area contributed by atoms with Gasteiger partial charge in [0.15, 0.2) is 5.78 Å². The molecule has 0 aromatic heterocycles. The summed E-state index contributed by atoms with van der Waals surface area (Å²) in [6.45, 7) is 0.416. The van der Waals surface area contributed by atoms with Gasteiger partial charge in [0.05, 0.1) is 6.42 Å². The van der Waals surface area contributed by atoms with Gasteiger partial charge < -0.3 is 4.74 Å². The molecule has 0 aliphatic rings. The van der Waals surface area contributed by atoms with Crippen LogP contribution in [0.5, 0.6) is 0 Å². The largest absolute Gasteiger partial charge is 0.465 e. The lowest BCUT2D eigenvalue weighted by Crippen LogP contribution is -2.10. The fourth-order valence-corrected chi connectivity index (χ4v) is 1.54. The average molecular weight is 252 g/mol. The fourth-order valence-electron chi connectivity index (χ4n) is 1.29. The Hall–Kier alpha value is -1.29. The zero-order chi connectivity index (χ0) is 12.5. The molecule has 1 rings (SSSR count). The molecule has 0 heterocycles. The van der Waals surface area contributed by atoms with Crippen molar-refractivity contribution in [3.8, 4) is 0 Å². The lowest BCUT2D eigenvalue weighted by molar-refractivity contribution is -0.142. The van der Waals surface area contributed by atoms with Crippen molar-refractivity contribution in [1.82, 2.24) is 0 Å². The topological polar surface area (TPSA) is 43.4 Å². The minimum Gasteiger partial charge on any atom is -0.465 e. The van der Waals surface area contributed by atoms with Gasteiger partial charge in [-0.1, -0.05) is 30.3 Å². The summed E-state index contributed by atoms with van der Waals surface area (Å²) in [6.07, 6.45) is 2.32. The van der Waals surface area contributed by atoms with E-state index in [-0.39, 0.29) is 24.6 Å². The van der Waals surface area contributed by atoms with Gasteiger partial charge in [-0.05, 0) is 6.26 Å². The first kappa shape index (κ1) is 13.8. The molecule has 0 bridgehead atoms.